The zero-order valence-electron chi connectivity index (χ0n) is 14.5. The summed E-state index contributed by atoms with van der Waals surface area (Å²) in [6.07, 6.45) is 0.984. The van der Waals surface area contributed by atoms with Crippen LogP contribution in [0.3, 0.4) is 0 Å². The third kappa shape index (κ3) is 4.25. The Kier molecular flexibility index (Phi) is 5.49. The Morgan fingerprint density at radius 2 is 1.68 bits per heavy atom. The van der Waals surface area contributed by atoms with Crippen molar-refractivity contribution in [2.24, 2.45) is 17.8 Å². The lowest BCUT2D eigenvalue weighted by Crippen LogP contribution is -2.38. The van der Waals surface area contributed by atoms with E-state index in [-0.39, 0.29) is 5.92 Å². The number of carbonyl (C=O) groups excluding carboxylic acids is 1. The van der Waals surface area contributed by atoms with Gasteiger partial charge in [0.15, 0.2) is 0 Å². The van der Waals surface area contributed by atoms with Gasteiger partial charge in [-0.25, -0.2) is 0 Å². The van der Waals surface area contributed by atoms with Gasteiger partial charge in [-0.15, -0.1) is 0 Å². The number of carbonyl (C=O) groups is 1. The molecule has 3 nitrogen and oxygen atoms in total. The van der Waals surface area contributed by atoms with Crippen LogP contribution in [0.5, 0.6) is 5.75 Å². The number of rotatable bonds is 7. The van der Waals surface area contributed by atoms with Crippen molar-refractivity contribution in [3.05, 3.63) is 29.8 Å². The SMILES string of the molecule is COc1ccc(C2CC2C(=O)N(CC(C)C)CC(C)C)cc1. The molecule has 3 heteroatoms. The van der Waals surface area contributed by atoms with Gasteiger partial charge < -0.3 is 9.64 Å². The van der Waals surface area contributed by atoms with Crippen LogP contribution in [0.4, 0.5) is 0 Å². The van der Waals surface area contributed by atoms with Crippen LogP contribution in [0.1, 0.15) is 45.6 Å². The molecule has 1 aliphatic carbocycles. The van der Waals surface area contributed by atoms with E-state index in [4.69, 9.17) is 4.74 Å². The molecule has 122 valence electrons. The van der Waals surface area contributed by atoms with E-state index in [0.29, 0.717) is 23.7 Å². The average molecular weight is 303 g/mol. The fourth-order valence-electron chi connectivity index (χ4n) is 3.06. The third-order valence-electron chi connectivity index (χ3n) is 4.13. The van der Waals surface area contributed by atoms with Gasteiger partial charge in [-0.2, -0.15) is 0 Å². The summed E-state index contributed by atoms with van der Waals surface area (Å²) in [7, 11) is 1.67. The first-order valence-corrected chi connectivity index (χ1v) is 8.35. The summed E-state index contributed by atoms with van der Waals surface area (Å²) in [4.78, 5) is 14.9. The second-order valence-electron chi connectivity index (χ2n) is 7.25. The molecule has 1 fully saturated rings. The summed E-state index contributed by atoms with van der Waals surface area (Å²) < 4.78 is 5.19. The molecule has 1 amide bonds. The lowest BCUT2D eigenvalue weighted by atomic mass is 10.1. The topological polar surface area (TPSA) is 29.5 Å². The Morgan fingerprint density at radius 3 is 2.14 bits per heavy atom. The highest BCUT2D eigenvalue weighted by Gasteiger charge is 2.45. The minimum absolute atomic E-state index is 0.172. The van der Waals surface area contributed by atoms with Gasteiger partial charge >= 0.3 is 0 Å². The number of ether oxygens (including phenoxy) is 1. The molecule has 0 saturated heterocycles. The summed E-state index contributed by atoms with van der Waals surface area (Å²) in [6.45, 7) is 10.4. The first-order valence-electron chi connectivity index (χ1n) is 8.35. The highest BCUT2D eigenvalue weighted by molar-refractivity contribution is 5.83. The van der Waals surface area contributed by atoms with Gasteiger partial charge in [0, 0.05) is 19.0 Å². The Hall–Kier alpha value is -1.51. The van der Waals surface area contributed by atoms with Crippen molar-refractivity contribution in [3.63, 3.8) is 0 Å². The maximum absolute atomic E-state index is 12.8. The number of hydrogen-bond donors (Lipinski definition) is 0. The molecular formula is C19H29NO2. The lowest BCUT2D eigenvalue weighted by Gasteiger charge is -2.26. The molecule has 0 radical (unpaired) electrons. The summed E-state index contributed by atoms with van der Waals surface area (Å²) in [6, 6.07) is 8.14. The molecule has 2 rings (SSSR count). The molecule has 0 N–H and O–H groups in total. The van der Waals surface area contributed by atoms with Gasteiger partial charge in [0.2, 0.25) is 5.91 Å². The van der Waals surface area contributed by atoms with E-state index >= 15 is 0 Å². The molecule has 0 spiro atoms. The minimum Gasteiger partial charge on any atom is -0.497 e. The smallest absolute Gasteiger partial charge is 0.226 e. The summed E-state index contributed by atoms with van der Waals surface area (Å²) in [5.74, 6) is 2.80. The summed E-state index contributed by atoms with van der Waals surface area (Å²) >= 11 is 0. The maximum atomic E-state index is 12.8. The molecule has 0 aromatic heterocycles. The van der Waals surface area contributed by atoms with Crippen molar-refractivity contribution in [2.45, 2.75) is 40.0 Å². The number of benzene rings is 1. The van der Waals surface area contributed by atoms with E-state index in [1.807, 2.05) is 12.1 Å². The zero-order chi connectivity index (χ0) is 16.3. The molecular weight excluding hydrogens is 274 g/mol. The first kappa shape index (κ1) is 16.9. The molecule has 1 aromatic carbocycles. The van der Waals surface area contributed by atoms with Crippen LogP contribution in [0, 0.1) is 17.8 Å². The van der Waals surface area contributed by atoms with Crippen LogP contribution < -0.4 is 4.74 Å². The molecule has 0 bridgehead atoms. The van der Waals surface area contributed by atoms with E-state index < -0.39 is 0 Å². The van der Waals surface area contributed by atoms with Crippen LogP contribution in [-0.2, 0) is 4.79 Å². The van der Waals surface area contributed by atoms with E-state index in [0.717, 1.165) is 25.3 Å². The molecule has 22 heavy (non-hydrogen) atoms. The first-order chi connectivity index (χ1) is 10.4. The Morgan fingerprint density at radius 1 is 1.14 bits per heavy atom. The molecule has 1 aromatic rings. The predicted molar refractivity (Wildman–Crippen MR) is 90.1 cm³/mol. The zero-order valence-corrected chi connectivity index (χ0v) is 14.5. The van der Waals surface area contributed by atoms with E-state index in [2.05, 4.69) is 44.7 Å². The van der Waals surface area contributed by atoms with Gasteiger partial charge in [0.1, 0.15) is 5.75 Å². The van der Waals surface area contributed by atoms with Crippen molar-refractivity contribution in [1.29, 1.82) is 0 Å². The summed E-state index contributed by atoms with van der Waals surface area (Å²) in [5, 5.41) is 0. The monoisotopic (exact) mass is 303 g/mol. The van der Waals surface area contributed by atoms with Crippen LogP contribution in [0.25, 0.3) is 0 Å². The Bertz CT molecular complexity index is 483. The van der Waals surface area contributed by atoms with Gasteiger partial charge in [-0.3, -0.25) is 4.79 Å². The quantitative estimate of drug-likeness (QED) is 0.763. The van der Waals surface area contributed by atoms with Crippen LogP contribution >= 0.6 is 0 Å². The number of hydrogen-bond acceptors (Lipinski definition) is 2. The molecule has 0 aliphatic heterocycles. The Balaban J connectivity index is 2.00. The molecule has 2 unspecified atom stereocenters. The molecule has 2 atom stereocenters. The van der Waals surface area contributed by atoms with E-state index in [1.165, 1.54) is 5.56 Å². The van der Waals surface area contributed by atoms with Gasteiger partial charge in [0.25, 0.3) is 0 Å². The molecule has 1 saturated carbocycles. The van der Waals surface area contributed by atoms with Gasteiger partial charge in [0.05, 0.1) is 7.11 Å². The number of methoxy groups -OCH3 is 1. The second kappa shape index (κ2) is 7.17. The fraction of sp³-hybridized carbons (Fsp3) is 0.632. The third-order valence-corrected chi connectivity index (χ3v) is 4.13. The van der Waals surface area contributed by atoms with Gasteiger partial charge in [-0.05, 0) is 41.9 Å². The average Bonchev–Trinajstić information content (AvgIpc) is 3.25. The molecule has 0 heterocycles. The number of nitrogens with zero attached hydrogens (tertiary/aromatic N) is 1. The normalized spacial score (nSPS) is 20.3. The van der Waals surface area contributed by atoms with Crippen LogP contribution in [0.2, 0.25) is 0 Å². The second-order valence-corrected chi connectivity index (χ2v) is 7.25. The summed E-state index contributed by atoms with van der Waals surface area (Å²) in [5.41, 5.74) is 1.26. The minimum atomic E-state index is 0.172. The Labute approximate surface area is 134 Å². The van der Waals surface area contributed by atoms with Gasteiger partial charge in [-0.1, -0.05) is 39.8 Å². The van der Waals surface area contributed by atoms with Crippen molar-refractivity contribution in [1.82, 2.24) is 4.90 Å². The largest absolute Gasteiger partial charge is 0.497 e. The van der Waals surface area contributed by atoms with Crippen molar-refractivity contribution in [2.75, 3.05) is 20.2 Å². The van der Waals surface area contributed by atoms with Crippen LogP contribution in [-0.4, -0.2) is 31.0 Å². The molecule has 1 aliphatic rings. The van der Waals surface area contributed by atoms with Crippen LogP contribution in [0.15, 0.2) is 24.3 Å². The van der Waals surface area contributed by atoms with Crippen molar-refractivity contribution >= 4 is 5.91 Å². The maximum Gasteiger partial charge on any atom is 0.226 e. The highest BCUT2D eigenvalue weighted by Crippen LogP contribution is 2.48. The van der Waals surface area contributed by atoms with E-state index in [9.17, 15) is 4.79 Å². The lowest BCUT2D eigenvalue weighted by molar-refractivity contribution is -0.133. The van der Waals surface area contributed by atoms with Crippen molar-refractivity contribution < 1.29 is 9.53 Å². The predicted octanol–water partition coefficient (Wildman–Crippen LogP) is 3.94. The fourth-order valence-corrected chi connectivity index (χ4v) is 3.06. The number of amides is 1. The highest BCUT2D eigenvalue weighted by atomic mass is 16.5. The van der Waals surface area contributed by atoms with E-state index in [1.54, 1.807) is 7.11 Å². The standard InChI is InChI=1S/C19H29NO2/c1-13(2)11-20(12-14(3)4)19(21)18-10-17(18)15-6-8-16(22-5)9-7-15/h6-9,13-14,17-18H,10-12H2,1-5H3. The van der Waals surface area contributed by atoms with Crippen molar-refractivity contribution in [3.8, 4) is 5.75 Å².